The quantitative estimate of drug-likeness (QED) is 0.170. The SMILES string of the molecule is CC1(C)c2ccccc2-c2ccc(-c3cccc(N(c4cccc(-c5ccc6c(c5)C(C)(C)c5ccccc5-6)c4)c4cccc5c4-c4ccccc4C5(C)C)c3)cc21. The number of fused-ring (bicyclic) bond motifs is 9. The average molecular weight is 746 g/mol. The lowest BCUT2D eigenvalue weighted by atomic mass is 9.81. The van der Waals surface area contributed by atoms with Crippen molar-refractivity contribution in [1.29, 1.82) is 0 Å². The number of hydrogen-bond donors (Lipinski definition) is 0. The first-order chi connectivity index (χ1) is 28.0. The van der Waals surface area contributed by atoms with Crippen LogP contribution in [0.4, 0.5) is 17.1 Å². The van der Waals surface area contributed by atoms with Crippen molar-refractivity contribution < 1.29 is 0 Å². The third-order valence-electron chi connectivity index (χ3n) is 13.9. The molecule has 0 aromatic heterocycles. The van der Waals surface area contributed by atoms with Crippen LogP contribution < -0.4 is 4.90 Å². The van der Waals surface area contributed by atoms with E-state index in [-0.39, 0.29) is 16.2 Å². The van der Waals surface area contributed by atoms with Crippen molar-refractivity contribution in [1.82, 2.24) is 0 Å². The summed E-state index contributed by atoms with van der Waals surface area (Å²) in [5, 5.41) is 0. The maximum absolute atomic E-state index is 2.50. The first-order valence-electron chi connectivity index (χ1n) is 20.8. The zero-order chi connectivity index (χ0) is 39.6. The van der Waals surface area contributed by atoms with Gasteiger partial charge < -0.3 is 4.90 Å². The van der Waals surface area contributed by atoms with Crippen molar-refractivity contribution in [2.45, 2.75) is 57.8 Å². The third-order valence-corrected chi connectivity index (χ3v) is 13.9. The highest BCUT2D eigenvalue weighted by atomic mass is 15.1. The summed E-state index contributed by atoms with van der Waals surface area (Å²) in [6, 6.07) is 66.2. The summed E-state index contributed by atoms with van der Waals surface area (Å²) in [6.07, 6.45) is 0. The van der Waals surface area contributed by atoms with Gasteiger partial charge in [0.2, 0.25) is 0 Å². The standard InChI is InChI=1S/C57H47N/c1-55(2)49-25-12-9-22-46(49)54-50(55)26-15-27-53(54)58(40-18-13-16-36(32-40)38-28-30-44-42-20-7-10-23-47(42)56(3,4)51(44)34-38)41-19-14-17-37(33-41)39-29-31-45-43-21-8-11-24-48(43)57(5,6)52(45)35-39/h7-35H,1-6H3. The summed E-state index contributed by atoms with van der Waals surface area (Å²) in [4.78, 5) is 2.50. The predicted octanol–water partition coefficient (Wildman–Crippen LogP) is 15.4. The Bertz CT molecular complexity index is 2840. The fourth-order valence-electron chi connectivity index (χ4n) is 10.8. The smallest absolute Gasteiger partial charge is 0.0543 e. The van der Waals surface area contributed by atoms with Crippen LogP contribution in [0.2, 0.25) is 0 Å². The fraction of sp³-hybridized carbons (Fsp3) is 0.158. The maximum Gasteiger partial charge on any atom is 0.0543 e. The van der Waals surface area contributed by atoms with E-state index >= 15 is 0 Å². The molecule has 0 fully saturated rings. The van der Waals surface area contributed by atoms with Crippen molar-refractivity contribution in [2.24, 2.45) is 0 Å². The molecule has 1 nitrogen and oxygen atoms in total. The molecule has 0 atom stereocenters. The van der Waals surface area contributed by atoms with Crippen LogP contribution in [0, 0.1) is 0 Å². The minimum absolute atomic E-state index is 0.0631. The second-order valence-electron chi connectivity index (χ2n) is 18.2. The second kappa shape index (κ2) is 12.3. The van der Waals surface area contributed by atoms with Gasteiger partial charge in [-0.1, -0.05) is 175 Å². The molecule has 0 amide bonds. The van der Waals surface area contributed by atoms with Gasteiger partial charge in [-0.3, -0.25) is 0 Å². The van der Waals surface area contributed by atoms with Crippen molar-refractivity contribution in [3.05, 3.63) is 209 Å². The van der Waals surface area contributed by atoms with Crippen LogP contribution in [0.25, 0.3) is 55.6 Å². The number of benzene rings is 8. The van der Waals surface area contributed by atoms with Gasteiger partial charge in [0, 0.05) is 33.2 Å². The lowest BCUT2D eigenvalue weighted by Crippen LogP contribution is -2.16. The van der Waals surface area contributed by atoms with Crippen molar-refractivity contribution in [3.8, 4) is 55.6 Å². The summed E-state index contributed by atoms with van der Waals surface area (Å²) in [5.74, 6) is 0. The Morgan fingerprint density at radius 1 is 0.293 bits per heavy atom. The van der Waals surface area contributed by atoms with Gasteiger partial charge in [0.1, 0.15) is 0 Å². The highest BCUT2D eigenvalue weighted by Crippen LogP contribution is 2.55. The molecular formula is C57H47N. The molecule has 0 spiro atoms. The molecule has 8 aromatic rings. The molecule has 0 N–H and O–H groups in total. The van der Waals surface area contributed by atoms with Gasteiger partial charge in [-0.05, 0) is 126 Å². The lowest BCUT2D eigenvalue weighted by molar-refractivity contribution is 0.660. The molecule has 0 unspecified atom stereocenters. The van der Waals surface area contributed by atoms with Crippen LogP contribution in [0.5, 0.6) is 0 Å². The molecule has 280 valence electrons. The molecule has 3 aliphatic carbocycles. The Kier molecular flexibility index (Phi) is 7.36. The molecule has 0 saturated carbocycles. The minimum Gasteiger partial charge on any atom is -0.310 e. The van der Waals surface area contributed by atoms with Crippen molar-refractivity contribution in [2.75, 3.05) is 4.90 Å². The maximum atomic E-state index is 2.50. The molecule has 0 bridgehead atoms. The summed E-state index contributed by atoms with van der Waals surface area (Å²) in [5.41, 5.74) is 24.5. The summed E-state index contributed by atoms with van der Waals surface area (Å²) in [7, 11) is 0. The average Bonchev–Trinajstić information content (AvgIpc) is 3.74. The zero-order valence-corrected chi connectivity index (χ0v) is 34.2. The van der Waals surface area contributed by atoms with Crippen LogP contribution >= 0.6 is 0 Å². The highest BCUT2D eigenvalue weighted by Gasteiger charge is 2.39. The summed E-state index contributed by atoms with van der Waals surface area (Å²) >= 11 is 0. The van der Waals surface area contributed by atoms with Gasteiger partial charge in [0.15, 0.2) is 0 Å². The molecule has 0 radical (unpaired) electrons. The summed E-state index contributed by atoms with van der Waals surface area (Å²) in [6.45, 7) is 14.2. The Hall–Kier alpha value is -6.44. The van der Waals surface area contributed by atoms with Crippen LogP contribution in [0.3, 0.4) is 0 Å². The van der Waals surface area contributed by atoms with E-state index in [0.717, 1.165) is 11.4 Å². The highest BCUT2D eigenvalue weighted by molar-refractivity contribution is 5.96. The van der Waals surface area contributed by atoms with Gasteiger partial charge in [0.25, 0.3) is 0 Å². The lowest BCUT2D eigenvalue weighted by Gasteiger charge is -2.29. The number of nitrogens with zero attached hydrogens (tertiary/aromatic N) is 1. The molecule has 1 heteroatoms. The molecular weight excluding hydrogens is 699 g/mol. The Morgan fingerprint density at radius 3 is 1.19 bits per heavy atom. The second-order valence-corrected chi connectivity index (χ2v) is 18.2. The Morgan fingerprint density at radius 2 is 0.672 bits per heavy atom. The van der Waals surface area contributed by atoms with Crippen LogP contribution in [-0.2, 0) is 16.2 Å². The molecule has 8 aromatic carbocycles. The third kappa shape index (κ3) is 4.89. The monoisotopic (exact) mass is 745 g/mol. The number of rotatable bonds is 5. The van der Waals surface area contributed by atoms with Gasteiger partial charge in [-0.25, -0.2) is 0 Å². The Labute approximate surface area is 343 Å². The van der Waals surface area contributed by atoms with E-state index in [4.69, 9.17) is 0 Å². The van der Waals surface area contributed by atoms with Crippen LogP contribution in [0.1, 0.15) is 74.9 Å². The van der Waals surface area contributed by atoms with Gasteiger partial charge in [0.05, 0.1) is 5.69 Å². The van der Waals surface area contributed by atoms with Crippen LogP contribution in [0.15, 0.2) is 176 Å². The number of hydrogen-bond acceptors (Lipinski definition) is 1. The van der Waals surface area contributed by atoms with E-state index < -0.39 is 0 Å². The minimum atomic E-state index is -0.110. The van der Waals surface area contributed by atoms with Gasteiger partial charge in [-0.15, -0.1) is 0 Å². The van der Waals surface area contributed by atoms with Crippen molar-refractivity contribution >= 4 is 17.1 Å². The molecule has 0 aliphatic heterocycles. The molecule has 11 rings (SSSR count). The van der Waals surface area contributed by atoms with Crippen LogP contribution in [-0.4, -0.2) is 0 Å². The predicted molar refractivity (Wildman–Crippen MR) is 245 cm³/mol. The number of anilines is 3. The zero-order valence-electron chi connectivity index (χ0n) is 34.2. The molecule has 0 saturated heterocycles. The summed E-state index contributed by atoms with van der Waals surface area (Å²) < 4.78 is 0. The van der Waals surface area contributed by atoms with E-state index in [0.29, 0.717) is 0 Å². The van der Waals surface area contributed by atoms with E-state index in [1.54, 1.807) is 0 Å². The molecule has 58 heavy (non-hydrogen) atoms. The topological polar surface area (TPSA) is 3.24 Å². The first kappa shape index (κ1) is 34.8. The van der Waals surface area contributed by atoms with Crippen molar-refractivity contribution in [3.63, 3.8) is 0 Å². The van der Waals surface area contributed by atoms with E-state index in [9.17, 15) is 0 Å². The van der Waals surface area contributed by atoms with E-state index in [2.05, 4.69) is 222 Å². The van der Waals surface area contributed by atoms with Gasteiger partial charge in [-0.2, -0.15) is 0 Å². The van der Waals surface area contributed by atoms with E-state index in [1.807, 2.05) is 0 Å². The normalized spacial score (nSPS) is 15.5. The largest absolute Gasteiger partial charge is 0.310 e. The molecule has 3 aliphatic rings. The Balaban J connectivity index is 1.08. The first-order valence-corrected chi connectivity index (χ1v) is 20.8. The van der Waals surface area contributed by atoms with E-state index in [1.165, 1.54) is 94.7 Å². The van der Waals surface area contributed by atoms with Gasteiger partial charge >= 0.3 is 0 Å². The molecule has 0 heterocycles. The fourth-order valence-corrected chi connectivity index (χ4v) is 10.8.